The van der Waals surface area contributed by atoms with Crippen molar-refractivity contribution in [3.05, 3.63) is 18.2 Å². The standard InChI is InChI=1S/C14H23N3O2/c1-5-10-6-9-17(13(18)19-14(2,3)4)11(10)12-15-7-8-16-12/h7-8,10-11H,5-6,9H2,1-4H3,(H,15,16). The highest BCUT2D eigenvalue weighted by molar-refractivity contribution is 5.69. The van der Waals surface area contributed by atoms with Crippen LogP contribution in [0, 0.1) is 5.92 Å². The normalized spacial score (nSPS) is 23.7. The summed E-state index contributed by atoms with van der Waals surface area (Å²) in [6, 6.07) is 0.00912. The van der Waals surface area contributed by atoms with E-state index in [1.807, 2.05) is 20.8 Å². The molecule has 0 aromatic carbocycles. The van der Waals surface area contributed by atoms with E-state index < -0.39 is 5.60 Å². The van der Waals surface area contributed by atoms with Gasteiger partial charge in [0.2, 0.25) is 0 Å². The Hall–Kier alpha value is -1.52. The summed E-state index contributed by atoms with van der Waals surface area (Å²) in [7, 11) is 0. The first-order chi connectivity index (χ1) is 8.92. The largest absolute Gasteiger partial charge is 0.444 e. The Morgan fingerprint density at radius 3 is 2.84 bits per heavy atom. The molecule has 0 radical (unpaired) electrons. The highest BCUT2D eigenvalue weighted by Crippen LogP contribution is 2.38. The third-order valence-corrected chi connectivity index (χ3v) is 3.48. The third kappa shape index (κ3) is 3.08. The number of carbonyl (C=O) groups excluding carboxylic acids is 1. The number of aromatic amines is 1. The maximum absolute atomic E-state index is 12.3. The molecule has 2 rings (SSSR count). The van der Waals surface area contributed by atoms with E-state index in [0.717, 1.165) is 25.2 Å². The number of ether oxygens (including phenoxy) is 1. The molecule has 1 saturated heterocycles. The number of H-pyrrole nitrogens is 1. The van der Waals surface area contributed by atoms with Crippen molar-refractivity contribution >= 4 is 6.09 Å². The van der Waals surface area contributed by atoms with Gasteiger partial charge in [0, 0.05) is 18.9 Å². The van der Waals surface area contributed by atoms with Crippen molar-refractivity contribution in [3.63, 3.8) is 0 Å². The summed E-state index contributed by atoms with van der Waals surface area (Å²) in [5, 5.41) is 0. The summed E-state index contributed by atoms with van der Waals surface area (Å²) in [5.41, 5.74) is -0.463. The molecule has 0 aliphatic carbocycles. The monoisotopic (exact) mass is 265 g/mol. The first-order valence-corrected chi connectivity index (χ1v) is 6.91. The Morgan fingerprint density at radius 2 is 2.32 bits per heavy atom. The number of hydrogen-bond donors (Lipinski definition) is 1. The van der Waals surface area contributed by atoms with Gasteiger partial charge >= 0.3 is 6.09 Å². The number of rotatable bonds is 2. The van der Waals surface area contributed by atoms with Crippen LogP contribution in [0.1, 0.15) is 52.4 Å². The van der Waals surface area contributed by atoms with E-state index in [0.29, 0.717) is 5.92 Å². The van der Waals surface area contributed by atoms with Gasteiger partial charge in [-0.15, -0.1) is 0 Å². The molecule has 1 N–H and O–H groups in total. The molecule has 1 amide bonds. The lowest BCUT2D eigenvalue weighted by Crippen LogP contribution is -2.37. The van der Waals surface area contributed by atoms with Crippen LogP contribution in [0.4, 0.5) is 4.79 Å². The number of carbonyl (C=O) groups is 1. The predicted molar refractivity (Wildman–Crippen MR) is 72.7 cm³/mol. The van der Waals surface area contributed by atoms with Crippen molar-refractivity contribution in [1.29, 1.82) is 0 Å². The van der Waals surface area contributed by atoms with Crippen LogP contribution < -0.4 is 0 Å². The SMILES string of the molecule is CCC1CCN(C(=O)OC(C)(C)C)C1c1ncc[nH]1. The van der Waals surface area contributed by atoms with Crippen LogP contribution in [0.5, 0.6) is 0 Å². The Kier molecular flexibility index (Phi) is 3.83. The number of hydrogen-bond acceptors (Lipinski definition) is 3. The van der Waals surface area contributed by atoms with Gasteiger partial charge in [0.05, 0.1) is 6.04 Å². The molecule has 1 fully saturated rings. The van der Waals surface area contributed by atoms with Crippen molar-refractivity contribution in [1.82, 2.24) is 14.9 Å². The number of amides is 1. The van der Waals surface area contributed by atoms with Crippen LogP contribution in [0.3, 0.4) is 0 Å². The maximum Gasteiger partial charge on any atom is 0.410 e. The van der Waals surface area contributed by atoms with Gasteiger partial charge in [-0.1, -0.05) is 13.3 Å². The maximum atomic E-state index is 12.3. The topological polar surface area (TPSA) is 58.2 Å². The molecule has 5 nitrogen and oxygen atoms in total. The van der Waals surface area contributed by atoms with Gasteiger partial charge in [-0.3, -0.25) is 4.90 Å². The van der Waals surface area contributed by atoms with Gasteiger partial charge in [-0.25, -0.2) is 9.78 Å². The van der Waals surface area contributed by atoms with E-state index in [1.165, 1.54) is 0 Å². The van der Waals surface area contributed by atoms with E-state index in [9.17, 15) is 4.79 Å². The fourth-order valence-electron chi connectivity index (χ4n) is 2.62. The van der Waals surface area contributed by atoms with Crippen molar-refractivity contribution < 1.29 is 9.53 Å². The molecule has 2 heterocycles. The highest BCUT2D eigenvalue weighted by Gasteiger charge is 2.40. The lowest BCUT2D eigenvalue weighted by molar-refractivity contribution is 0.0197. The van der Waals surface area contributed by atoms with Gasteiger partial charge in [0.15, 0.2) is 0 Å². The second kappa shape index (κ2) is 5.23. The zero-order valence-corrected chi connectivity index (χ0v) is 12.1. The Labute approximate surface area is 114 Å². The van der Waals surface area contributed by atoms with E-state index in [-0.39, 0.29) is 12.1 Å². The van der Waals surface area contributed by atoms with Crippen LogP contribution in [-0.2, 0) is 4.74 Å². The lowest BCUT2D eigenvalue weighted by Gasteiger charge is -2.29. The van der Waals surface area contributed by atoms with Crippen molar-refractivity contribution in [2.45, 2.75) is 52.2 Å². The molecular weight excluding hydrogens is 242 g/mol. The number of likely N-dealkylation sites (tertiary alicyclic amines) is 1. The summed E-state index contributed by atoms with van der Waals surface area (Å²) >= 11 is 0. The second-order valence-corrected chi connectivity index (χ2v) is 6.05. The summed E-state index contributed by atoms with van der Waals surface area (Å²) in [5.74, 6) is 1.30. The summed E-state index contributed by atoms with van der Waals surface area (Å²) in [4.78, 5) is 21.5. The van der Waals surface area contributed by atoms with Crippen LogP contribution in [-0.4, -0.2) is 33.1 Å². The van der Waals surface area contributed by atoms with E-state index in [4.69, 9.17) is 4.74 Å². The molecule has 1 aromatic heterocycles. The van der Waals surface area contributed by atoms with Crippen LogP contribution in [0.15, 0.2) is 12.4 Å². The van der Waals surface area contributed by atoms with Crippen molar-refractivity contribution in [2.75, 3.05) is 6.54 Å². The highest BCUT2D eigenvalue weighted by atomic mass is 16.6. The van der Waals surface area contributed by atoms with Gasteiger partial charge in [0.25, 0.3) is 0 Å². The number of nitrogens with one attached hydrogen (secondary N) is 1. The molecule has 1 aromatic rings. The van der Waals surface area contributed by atoms with E-state index in [2.05, 4.69) is 16.9 Å². The number of aromatic nitrogens is 2. The molecule has 2 unspecified atom stereocenters. The predicted octanol–water partition coefficient (Wildman–Crippen LogP) is 3.12. The molecule has 0 bridgehead atoms. The minimum atomic E-state index is -0.463. The Morgan fingerprint density at radius 1 is 1.58 bits per heavy atom. The number of imidazole rings is 1. The molecule has 0 spiro atoms. The minimum absolute atomic E-state index is 0.00912. The Balaban J connectivity index is 2.17. The van der Waals surface area contributed by atoms with Gasteiger partial charge in [-0.05, 0) is 33.1 Å². The van der Waals surface area contributed by atoms with E-state index >= 15 is 0 Å². The molecule has 0 saturated carbocycles. The number of nitrogens with zero attached hydrogens (tertiary/aromatic N) is 2. The van der Waals surface area contributed by atoms with Gasteiger partial charge < -0.3 is 9.72 Å². The average molecular weight is 265 g/mol. The van der Waals surface area contributed by atoms with Crippen LogP contribution in [0.25, 0.3) is 0 Å². The zero-order chi connectivity index (χ0) is 14.0. The smallest absolute Gasteiger partial charge is 0.410 e. The first-order valence-electron chi connectivity index (χ1n) is 6.91. The molecule has 5 heteroatoms. The fourth-order valence-corrected chi connectivity index (χ4v) is 2.62. The molecule has 1 aliphatic heterocycles. The van der Waals surface area contributed by atoms with E-state index in [1.54, 1.807) is 17.3 Å². The van der Waals surface area contributed by atoms with Crippen molar-refractivity contribution in [3.8, 4) is 0 Å². The Bertz CT molecular complexity index is 422. The average Bonchev–Trinajstić information content (AvgIpc) is 2.95. The lowest BCUT2D eigenvalue weighted by atomic mass is 9.97. The molecule has 19 heavy (non-hydrogen) atoms. The van der Waals surface area contributed by atoms with Crippen molar-refractivity contribution in [2.24, 2.45) is 5.92 Å². The summed E-state index contributed by atoms with van der Waals surface area (Å²) < 4.78 is 5.49. The quantitative estimate of drug-likeness (QED) is 0.893. The molecule has 2 atom stereocenters. The third-order valence-electron chi connectivity index (χ3n) is 3.48. The molecular formula is C14H23N3O2. The molecule has 106 valence electrons. The van der Waals surface area contributed by atoms with Crippen LogP contribution >= 0.6 is 0 Å². The zero-order valence-electron chi connectivity index (χ0n) is 12.1. The fraction of sp³-hybridized carbons (Fsp3) is 0.714. The first kappa shape index (κ1) is 13.9. The van der Waals surface area contributed by atoms with Gasteiger partial charge in [0.1, 0.15) is 11.4 Å². The molecule has 1 aliphatic rings. The second-order valence-electron chi connectivity index (χ2n) is 6.05. The minimum Gasteiger partial charge on any atom is -0.444 e. The summed E-state index contributed by atoms with van der Waals surface area (Å²) in [6.07, 6.45) is 5.32. The van der Waals surface area contributed by atoms with Crippen LogP contribution in [0.2, 0.25) is 0 Å². The summed E-state index contributed by atoms with van der Waals surface area (Å²) in [6.45, 7) is 8.55. The van der Waals surface area contributed by atoms with Gasteiger partial charge in [-0.2, -0.15) is 0 Å².